The van der Waals surface area contributed by atoms with Crippen LogP contribution in [0.5, 0.6) is 0 Å². The van der Waals surface area contributed by atoms with E-state index < -0.39 is 15.9 Å². The fourth-order valence-corrected chi connectivity index (χ4v) is 3.13. The molecule has 1 atom stereocenters. The number of aliphatic hydroxyl groups excluding tert-OH is 1. The van der Waals surface area contributed by atoms with Gasteiger partial charge in [-0.15, -0.1) is 6.58 Å². The molecule has 0 radical (unpaired) electrons. The first-order valence-electron chi connectivity index (χ1n) is 6.68. The van der Waals surface area contributed by atoms with Crippen LogP contribution in [-0.2, 0) is 9.84 Å². The predicted molar refractivity (Wildman–Crippen MR) is 90.4 cm³/mol. The maximum Gasteiger partial charge on any atom is 0.156 e. The molecule has 0 aromatic heterocycles. The zero-order chi connectivity index (χ0) is 16.8. The summed E-state index contributed by atoms with van der Waals surface area (Å²) in [6.07, 6.45) is 0.283. The summed E-state index contributed by atoms with van der Waals surface area (Å²) in [6.45, 7) is 3.47. The van der Waals surface area contributed by atoms with Gasteiger partial charge in [0.1, 0.15) is 5.84 Å². The molecular weight excluding hydrogens is 304 g/mol. The third-order valence-electron chi connectivity index (χ3n) is 2.94. The molecule has 122 valence electrons. The van der Waals surface area contributed by atoms with Crippen LogP contribution in [0.25, 0.3) is 0 Å². The minimum atomic E-state index is -3.33. The number of aliphatic hydroxyl groups is 1. The Morgan fingerprint density at radius 1 is 1.55 bits per heavy atom. The van der Waals surface area contributed by atoms with E-state index in [1.165, 1.54) is 6.08 Å². The van der Waals surface area contributed by atoms with E-state index in [1.807, 2.05) is 0 Å². The van der Waals surface area contributed by atoms with E-state index >= 15 is 0 Å². The maximum atomic E-state index is 11.6. The molecule has 1 unspecified atom stereocenters. The van der Waals surface area contributed by atoms with E-state index in [4.69, 9.17) is 11.1 Å². The first-order valence-corrected chi connectivity index (χ1v) is 8.50. The van der Waals surface area contributed by atoms with E-state index in [2.05, 4.69) is 17.2 Å². The van der Waals surface area contributed by atoms with Crippen LogP contribution in [0, 0.1) is 5.41 Å². The SMILES string of the molecule is C=CCS(=O)(=O)CC(O)CNc1ccc(C(=N)N)c(NC)c1. The number of sulfone groups is 1. The van der Waals surface area contributed by atoms with Crippen LogP contribution in [-0.4, -0.2) is 50.6 Å². The number of amidine groups is 1. The van der Waals surface area contributed by atoms with Crippen molar-refractivity contribution in [2.75, 3.05) is 35.7 Å². The topological polar surface area (TPSA) is 128 Å². The summed E-state index contributed by atoms with van der Waals surface area (Å²) in [6, 6.07) is 5.13. The number of anilines is 2. The fraction of sp³-hybridized carbons (Fsp3) is 0.357. The van der Waals surface area contributed by atoms with Crippen molar-refractivity contribution < 1.29 is 13.5 Å². The number of nitrogens with one attached hydrogen (secondary N) is 3. The highest BCUT2D eigenvalue weighted by Crippen LogP contribution is 2.20. The molecule has 6 N–H and O–H groups in total. The lowest BCUT2D eigenvalue weighted by Crippen LogP contribution is -2.29. The van der Waals surface area contributed by atoms with Crippen molar-refractivity contribution in [3.8, 4) is 0 Å². The summed E-state index contributed by atoms with van der Waals surface area (Å²) in [7, 11) is -1.62. The minimum absolute atomic E-state index is 0.0496. The lowest BCUT2D eigenvalue weighted by Gasteiger charge is -2.15. The van der Waals surface area contributed by atoms with Gasteiger partial charge in [0.25, 0.3) is 0 Å². The number of hydrogen-bond acceptors (Lipinski definition) is 6. The van der Waals surface area contributed by atoms with Crippen LogP contribution in [0.4, 0.5) is 11.4 Å². The third kappa shape index (κ3) is 5.38. The molecule has 0 amide bonds. The van der Waals surface area contributed by atoms with Gasteiger partial charge in [-0.25, -0.2) is 8.42 Å². The summed E-state index contributed by atoms with van der Waals surface area (Å²) in [5.41, 5.74) is 7.40. The summed E-state index contributed by atoms with van der Waals surface area (Å²) in [5.74, 6) is -0.524. The lowest BCUT2D eigenvalue weighted by atomic mass is 10.1. The molecule has 0 saturated heterocycles. The van der Waals surface area contributed by atoms with Gasteiger partial charge in [-0.1, -0.05) is 6.08 Å². The van der Waals surface area contributed by atoms with Crippen molar-refractivity contribution in [3.05, 3.63) is 36.4 Å². The average Bonchev–Trinajstić information content (AvgIpc) is 2.43. The number of nitrogen functional groups attached to an aromatic ring is 1. The second-order valence-corrected chi connectivity index (χ2v) is 6.98. The van der Waals surface area contributed by atoms with E-state index in [0.717, 1.165) is 0 Å². The second-order valence-electron chi connectivity index (χ2n) is 4.82. The minimum Gasteiger partial charge on any atom is -0.390 e. The van der Waals surface area contributed by atoms with Gasteiger partial charge >= 0.3 is 0 Å². The lowest BCUT2D eigenvalue weighted by molar-refractivity contribution is 0.210. The van der Waals surface area contributed by atoms with Crippen LogP contribution in [0.3, 0.4) is 0 Å². The molecule has 1 rings (SSSR count). The van der Waals surface area contributed by atoms with Gasteiger partial charge in [0.2, 0.25) is 0 Å². The third-order valence-corrected chi connectivity index (χ3v) is 4.58. The maximum absolute atomic E-state index is 11.6. The van der Waals surface area contributed by atoms with Crippen molar-refractivity contribution in [1.29, 1.82) is 5.41 Å². The van der Waals surface area contributed by atoms with Gasteiger partial charge in [0.05, 0.1) is 17.6 Å². The van der Waals surface area contributed by atoms with E-state index in [0.29, 0.717) is 16.9 Å². The highest BCUT2D eigenvalue weighted by atomic mass is 32.2. The van der Waals surface area contributed by atoms with Gasteiger partial charge in [-0.3, -0.25) is 5.41 Å². The molecule has 0 aliphatic rings. The van der Waals surface area contributed by atoms with Crippen molar-refractivity contribution in [1.82, 2.24) is 0 Å². The van der Waals surface area contributed by atoms with Crippen LogP contribution in [0.15, 0.2) is 30.9 Å². The Kier molecular flexibility index (Phi) is 6.39. The second kappa shape index (κ2) is 7.81. The van der Waals surface area contributed by atoms with E-state index in [-0.39, 0.29) is 23.9 Å². The smallest absolute Gasteiger partial charge is 0.156 e. The predicted octanol–water partition coefficient (Wildman–Crippen LogP) is 0.386. The summed E-state index contributed by atoms with van der Waals surface area (Å²) in [5, 5.41) is 23.1. The Morgan fingerprint density at radius 2 is 2.23 bits per heavy atom. The molecule has 0 bridgehead atoms. The van der Waals surface area contributed by atoms with Crippen LogP contribution < -0.4 is 16.4 Å². The summed E-state index contributed by atoms with van der Waals surface area (Å²) >= 11 is 0. The van der Waals surface area contributed by atoms with Gasteiger partial charge in [-0.05, 0) is 18.2 Å². The molecule has 7 nitrogen and oxygen atoms in total. The average molecular weight is 326 g/mol. The zero-order valence-electron chi connectivity index (χ0n) is 12.5. The highest BCUT2D eigenvalue weighted by molar-refractivity contribution is 7.91. The Labute approximate surface area is 130 Å². The molecule has 22 heavy (non-hydrogen) atoms. The molecule has 0 saturated carbocycles. The number of nitrogens with two attached hydrogens (primary N) is 1. The standard InChI is InChI=1S/C14H22N4O3S/c1-3-6-22(20,21)9-11(19)8-18-10-4-5-12(14(15)16)13(7-10)17-2/h3-5,7,11,17-19H,1,6,8-9H2,2H3,(H3,15,16). The van der Waals surface area contributed by atoms with Gasteiger partial charge in [-0.2, -0.15) is 0 Å². The molecule has 1 aromatic carbocycles. The Bertz CT molecular complexity index is 643. The monoisotopic (exact) mass is 326 g/mol. The van der Waals surface area contributed by atoms with Crippen molar-refractivity contribution in [2.24, 2.45) is 5.73 Å². The Balaban J connectivity index is 2.68. The quantitative estimate of drug-likeness (QED) is 0.254. The molecule has 0 heterocycles. The largest absolute Gasteiger partial charge is 0.390 e. The highest BCUT2D eigenvalue weighted by Gasteiger charge is 2.16. The van der Waals surface area contributed by atoms with Crippen molar-refractivity contribution in [3.63, 3.8) is 0 Å². The summed E-state index contributed by atoms with van der Waals surface area (Å²) < 4.78 is 23.1. The number of rotatable bonds is 9. The van der Waals surface area contributed by atoms with Crippen LogP contribution in [0.2, 0.25) is 0 Å². The van der Waals surface area contributed by atoms with Gasteiger partial charge < -0.3 is 21.5 Å². The molecule has 0 aliphatic carbocycles. The molecular formula is C14H22N4O3S. The Hall–Kier alpha value is -2.06. The molecule has 0 fully saturated rings. The molecule has 0 aliphatic heterocycles. The number of hydrogen-bond donors (Lipinski definition) is 5. The van der Waals surface area contributed by atoms with E-state index in [9.17, 15) is 13.5 Å². The zero-order valence-corrected chi connectivity index (χ0v) is 13.3. The van der Waals surface area contributed by atoms with Crippen molar-refractivity contribution >= 4 is 27.0 Å². The van der Waals surface area contributed by atoms with Gasteiger partial charge in [0.15, 0.2) is 9.84 Å². The number of benzene rings is 1. The molecule has 1 aromatic rings. The first kappa shape index (κ1) is 18.0. The van der Waals surface area contributed by atoms with Crippen molar-refractivity contribution in [2.45, 2.75) is 6.10 Å². The van der Waals surface area contributed by atoms with Gasteiger partial charge in [0, 0.05) is 30.5 Å². The fourth-order valence-electron chi connectivity index (χ4n) is 1.93. The summed E-state index contributed by atoms with van der Waals surface area (Å²) in [4.78, 5) is 0. The molecule has 0 spiro atoms. The Morgan fingerprint density at radius 3 is 2.77 bits per heavy atom. The van der Waals surface area contributed by atoms with Crippen LogP contribution in [0.1, 0.15) is 5.56 Å². The van der Waals surface area contributed by atoms with Crippen LogP contribution >= 0.6 is 0 Å². The van der Waals surface area contributed by atoms with E-state index in [1.54, 1.807) is 25.2 Å². The molecule has 8 heteroatoms. The first-order chi connectivity index (χ1) is 10.3. The normalized spacial score (nSPS) is 12.5.